The molecule has 2 amide bonds. The van der Waals surface area contributed by atoms with E-state index in [1.807, 2.05) is 30.9 Å². The van der Waals surface area contributed by atoms with Gasteiger partial charge in [0.05, 0.1) is 17.5 Å². The van der Waals surface area contributed by atoms with Gasteiger partial charge in [-0.3, -0.25) is 4.79 Å². The Morgan fingerprint density at radius 2 is 1.87 bits per heavy atom. The number of aryl methyl sites for hydroxylation is 2. The largest absolute Gasteiger partial charge is 0.444 e. The van der Waals surface area contributed by atoms with Crippen LogP contribution in [0.1, 0.15) is 31.9 Å². The molecule has 2 saturated heterocycles. The van der Waals surface area contributed by atoms with Crippen LogP contribution in [-0.2, 0) is 19.4 Å². The molecule has 0 radical (unpaired) electrons. The number of thioether (sulfide) groups is 1. The summed E-state index contributed by atoms with van der Waals surface area (Å²) in [5, 5.41) is 2.67. The lowest BCUT2D eigenvalue weighted by molar-refractivity contribution is -0.117. The number of anilines is 1. The number of benzene rings is 1. The number of fused-ring (bicyclic) bond motifs is 1. The van der Waals surface area contributed by atoms with Crippen LogP contribution in [0.5, 0.6) is 0 Å². The Morgan fingerprint density at radius 3 is 2.45 bits per heavy atom. The maximum Gasteiger partial charge on any atom is 0.408 e. The number of sulfone groups is 1. The van der Waals surface area contributed by atoms with Crippen molar-refractivity contribution in [3.05, 3.63) is 27.7 Å². The third-order valence-electron chi connectivity index (χ3n) is 4.77. The van der Waals surface area contributed by atoms with Crippen molar-refractivity contribution in [3.8, 4) is 0 Å². The summed E-state index contributed by atoms with van der Waals surface area (Å²) in [6, 6.07) is 3.61. The molecule has 0 unspecified atom stereocenters. The Kier molecular flexibility index (Phi) is 6.79. The summed E-state index contributed by atoms with van der Waals surface area (Å²) in [6.07, 6.45) is -0.695. The van der Waals surface area contributed by atoms with Gasteiger partial charge in [-0.25, -0.2) is 13.2 Å². The lowest BCUT2D eigenvalue weighted by Crippen LogP contribution is -2.39. The Hall–Kier alpha value is -1.59. The number of hydrogen-bond donors (Lipinski definition) is 1. The van der Waals surface area contributed by atoms with Crippen LogP contribution >= 0.6 is 27.7 Å². The number of carbonyl (C=O) groups is 2. The zero-order valence-electron chi connectivity index (χ0n) is 18.1. The lowest BCUT2D eigenvalue weighted by atomic mass is 10.1. The SMILES string of the molecule is Cc1cc(Br)cc(C)c1N1C(=NC(=O)CNC(=O)OC(C)(C)C)S[C@H]2CS(=O)(=O)C[C@H]21. The molecule has 0 bridgehead atoms. The van der Waals surface area contributed by atoms with Gasteiger partial charge in [0.15, 0.2) is 15.0 Å². The van der Waals surface area contributed by atoms with Crippen molar-refractivity contribution in [3.63, 3.8) is 0 Å². The van der Waals surface area contributed by atoms with Crippen LogP contribution in [0.25, 0.3) is 0 Å². The summed E-state index contributed by atoms with van der Waals surface area (Å²) < 4.78 is 30.6. The van der Waals surface area contributed by atoms with Gasteiger partial charge in [-0.1, -0.05) is 27.7 Å². The molecule has 2 atom stereocenters. The lowest BCUT2D eigenvalue weighted by Gasteiger charge is -2.28. The summed E-state index contributed by atoms with van der Waals surface area (Å²) in [5.74, 6) is -0.464. The first-order valence-corrected chi connectivity index (χ1v) is 13.3. The molecule has 1 aromatic carbocycles. The number of nitrogens with one attached hydrogen (secondary N) is 1. The van der Waals surface area contributed by atoms with Gasteiger partial charge in [-0.2, -0.15) is 4.99 Å². The number of hydrogen-bond acceptors (Lipinski definition) is 6. The van der Waals surface area contributed by atoms with Gasteiger partial charge >= 0.3 is 6.09 Å². The van der Waals surface area contributed by atoms with E-state index in [4.69, 9.17) is 4.74 Å². The first-order chi connectivity index (χ1) is 14.3. The van der Waals surface area contributed by atoms with Gasteiger partial charge in [-0.05, 0) is 57.9 Å². The highest BCUT2D eigenvalue weighted by atomic mass is 79.9. The Balaban J connectivity index is 1.87. The van der Waals surface area contributed by atoms with Gasteiger partial charge in [0.25, 0.3) is 5.91 Å². The number of amidine groups is 1. The number of amides is 2. The fraction of sp³-hybridized carbons (Fsp3) is 0.550. The number of carbonyl (C=O) groups excluding carboxylic acids is 2. The fourth-order valence-corrected chi connectivity index (χ4v) is 8.32. The van der Waals surface area contributed by atoms with Crippen LogP contribution in [0.15, 0.2) is 21.6 Å². The van der Waals surface area contributed by atoms with Gasteiger partial charge in [-0.15, -0.1) is 0 Å². The first kappa shape index (κ1) is 24.1. The zero-order valence-corrected chi connectivity index (χ0v) is 21.3. The molecule has 0 saturated carbocycles. The van der Waals surface area contributed by atoms with E-state index in [0.717, 1.165) is 21.3 Å². The number of aliphatic imine (C=N–C) groups is 1. The normalized spacial score (nSPS) is 23.7. The van der Waals surface area contributed by atoms with E-state index in [0.29, 0.717) is 5.17 Å². The number of halogens is 1. The summed E-state index contributed by atoms with van der Waals surface area (Å²) in [7, 11) is -3.16. The summed E-state index contributed by atoms with van der Waals surface area (Å²) >= 11 is 4.79. The van der Waals surface area contributed by atoms with Gasteiger partial charge < -0.3 is 15.0 Å². The predicted molar refractivity (Wildman–Crippen MR) is 127 cm³/mol. The van der Waals surface area contributed by atoms with E-state index in [1.165, 1.54) is 11.8 Å². The van der Waals surface area contributed by atoms with E-state index in [1.54, 1.807) is 20.8 Å². The molecule has 2 aliphatic heterocycles. The highest BCUT2D eigenvalue weighted by Crippen LogP contribution is 2.43. The fourth-order valence-electron chi connectivity index (χ4n) is 3.72. The van der Waals surface area contributed by atoms with Crippen LogP contribution in [0.4, 0.5) is 10.5 Å². The standard InChI is InChI=1S/C20H26BrN3O5S2/c1-11-6-13(21)7-12(2)17(11)24-14-9-31(27,28)10-15(14)30-18(24)23-16(25)8-22-19(26)29-20(3,4)5/h6-7,14-15H,8-10H2,1-5H3,(H,22,26)/t14-,15+/m1/s1. The zero-order chi connectivity index (χ0) is 23.1. The van der Waals surface area contributed by atoms with Crippen molar-refractivity contribution in [2.45, 2.75) is 51.5 Å². The summed E-state index contributed by atoms with van der Waals surface area (Å²) in [5.41, 5.74) is 2.08. The minimum atomic E-state index is -3.16. The summed E-state index contributed by atoms with van der Waals surface area (Å²) in [4.78, 5) is 30.4. The highest BCUT2D eigenvalue weighted by Gasteiger charge is 2.50. The molecule has 1 N–H and O–H groups in total. The van der Waals surface area contributed by atoms with Crippen molar-refractivity contribution < 1.29 is 22.7 Å². The van der Waals surface area contributed by atoms with E-state index in [-0.39, 0.29) is 29.3 Å². The van der Waals surface area contributed by atoms with Crippen LogP contribution in [0, 0.1) is 13.8 Å². The molecule has 0 aromatic heterocycles. The number of nitrogens with zero attached hydrogens (tertiary/aromatic N) is 2. The van der Waals surface area contributed by atoms with E-state index >= 15 is 0 Å². The average molecular weight is 532 g/mol. The van der Waals surface area contributed by atoms with Crippen LogP contribution in [0.2, 0.25) is 0 Å². The molecular weight excluding hydrogens is 506 g/mol. The molecule has 31 heavy (non-hydrogen) atoms. The van der Waals surface area contributed by atoms with Crippen molar-refractivity contribution in [1.29, 1.82) is 0 Å². The minimum absolute atomic E-state index is 0.0168. The van der Waals surface area contributed by atoms with E-state index in [9.17, 15) is 18.0 Å². The molecular formula is C20H26BrN3O5S2. The third kappa shape index (κ3) is 5.81. The predicted octanol–water partition coefficient (Wildman–Crippen LogP) is 3.19. The molecule has 1 aromatic rings. The molecule has 0 aliphatic carbocycles. The Labute approximate surface area is 195 Å². The second-order valence-corrected chi connectivity index (χ2v) is 13.0. The molecule has 11 heteroatoms. The van der Waals surface area contributed by atoms with Crippen molar-refractivity contribution in [2.24, 2.45) is 4.99 Å². The number of ether oxygens (including phenoxy) is 1. The maximum atomic E-state index is 12.5. The van der Waals surface area contributed by atoms with Crippen molar-refractivity contribution >= 4 is 60.4 Å². The molecule has 0 spiro atoms. The quantitative estimate of drug-likeness (QED) is 0.638. The van der Waals surface area contributed by atoms with Gasteiger partial charge in [0, 0.05) is 15.4 Å². The van der Waals surface area contributed by atoms with Crippen molar-refractivity contribution in [1.82, 2.24) is 5.32 Å². The molecule has 170 valence electrons. The van der Waals surface area contributed by atoms with E-state index in [2.05, 4.69) is 26.2 Å². The molecule has 2 heterocycles. The maximum absolute atomic E-state index is 12.5. The topological polar surface area (TPSA) is 105 Å². The van der Waals surface area contributed by atoms with Crippen LogP contribution < -0.4 is 10.2 Å². The monoisotopic (exact) mass is 531 g/mol. The molecule has 2 fully saturated rings. The smallest absolute Gasteiger partial charge is 0.408 e. The Bertz CT molecular complexity index is 1030. The third-order valence-corrected chi connectivity index (χ3v) is 8.43. The second kappa shape index (κ2) is 8.74. The molecule has 2 aliphatic rings. The van der Waals surface area contributed by atoms with E-state index < -0.39 is 27.4 Å². The highest BCUT2D eigenvalue weighted by molar-refractivity contribution is 9.10. The van der Waals surface area contributed by atoms with Crippen LogP contribution in [-0.4, -0.2) is 60.5 Å². The number of alkyl carbamates (subject to hydrolysis) is 1. The minimum Gasteiger partial charge on any atom is -0.444 e. The summed E-state index contributed by atoms with van der Waals surface area (Å²) in [6.45, 7) is 8.78. The molecule has 8 nitrogen and oxygen atoms in total. The first-order valence-electron chi connectivity index (χ1n) is 9.77. The average Bonchev–Trinajstić information content (AvgIpc) is 3.03. The van der Waals surface area contributed by atoms with Gasteiger partial charge in [0.2, 0.25) is 0 Å². The van der Waals surface area contributed by atoms with Crippen LogP contribution in [0.3, 0.4) is 0 Å². The molecule has 3 rings (SSSR count). The second-order valence-electron chi connectivity index (χ2n) is 8.70. The Morgan fingerprint density at radius 1 is 1.26 bits per heavy atom. The van der Waals surface area contributed by atoms with Crippen molar-refractivity contribution in [2.75, 3.05) is 23.0 Å². The number of rotatable bonds is 3. The van der Waals surface area contributed by atoms with Gasteiger partial charge in [0.1, 0.15) is 12.1 Å².